The second-order valence-corrected chi connectivity index (χ2v) is 11.2. The molecule has 8 heteroatoms. The SMILES string of the molecule is O=C1CCCC(Sc2cccs2)=C1C(=O)c1ccc2c(c1Cl)CCS2(=O)=O. The van der Waals surface area contributed by atoms with Crippen molar-refractivity contribution < 1.29 is 18.0 Å². The highest BCUT2D eigenvalue weighted by Gasteiger charge is 2.33. The summed E-state index contributed by atoms with van der Waals surface area (Å²) in [5.74, 6) is -0.578. The number of benzene rings is 1. The third-order valence-corrected chi connectivity index (χ3v) is 9.13. The molecule has 2 aromatic rings. The van der Waals surface area contributed by atoms with Gasteiger partial charge >= 0.3 is 0 Å². The summed E-state index contributed by atoms with van der Waals surface area (Å²) >= 11 is 9.42. The molecule has 140 valence electrons. The van der Waals surface area contributed by atoms with Gasteiger partial charge in [0.25, 0.3) is 0 Å². The standard InChI is InChI=1S/C19H15ClO4S3/c20-18-11-8-10-27(23,24)15(11)7-6-12(18)19(22)17-13(21)3-1-4-14(17)26-16-5-2-9-25-16/h2,5-7,9H,1,3-4,8,10H2. The van der Waals surface area contributed by atoms with Gasteiger partial charge in [-0.15, -0.1) is 11.3 Å². The van der Waals surface area contributed by atoms with Crippen LogP contribution in [-0.2, 0) is 21.1 Å². The fraction of sp³-hybridized carbons (Fsp3) is 0.263. The second-order valence-electron chi connectivity index (χ2n) is 6.41. The summed E-state index contributed by atoms with van der Waals surface area (Å²) in [5.41, 5.74) is 0.892. The van der Waals surface area contributed by atoms with Crippen LogP contribution in [0.4, 0.5) is 0 Å². The Labute approximate surface area is 170 Å². The summed E-state index contributed by atoms with van der Waals surface area (Å²) in [6, 6.07) is 6.76. The minimum Gasteiger partial charge on any atom is -0.294 e. The van der Waals surface area contributed by atoms with E-state index in [2.05, 4.69) is 0 Å². The number of Topliss-reactive ketones (excluding diaryl/α,β-unsaturated/α-hetero) is 2. The predicted molar refractivity (Wildman–Crippen MR) is 108 cm³/mol. The number of allylic oxidation sites excluding steroid dienone is 2. The Morgan fingerprint density at radius 2 is 1.96 bits per heavy atom. The van der Waals surface area contributed by atoms with Crippen LogP contribution in [0.15, 0.2) is 49.2 Å². The Morgan fingerprint density at radius 3 is 2.70 bits per heavy atom. The van der Waals surface area contributed by atoms with Crippen LogP contribution >= 0.6 is 34.7 Å². The number of ketones is 2. The van der Waals surface area contributed by atoms with Crippen LogP contribution in [0.1, 0.15) is 35.2 Å². The van der Waals surface area contributed by atoms with E-state index in [1.54, 1.807) is 11.3 Å². The molecule has 0 N–H and O–H groups in total. The maximum absolute atomic E-state index is 13.2. The van der Waals surface area contributed by atoms with Crippen molar-refractivity contribution in [1.29, 1.82) is 0 Å². The number of carbonyl (C=O) groups excluding carboxylic acids is 2. The quantitative estimate of drug-likeness (QED) is 0.510. The first-order valence-electron chi connectivity index (χ1n) is 8.45. The van der Waals surface area contributed by atoms with Crippen LogP contribution in [0.3, 0.4) is 0 Å². The second kappa shape index (κ2) is 7.20. The normalized spacial score (nSPS) is 18.6. The van der Waals surface area contributed by atoms with E-state index in [0.29, 0.717) is 24.8 Å². The minimum absolute atomic E-state index is 0.000797. The number of thioether (sulfide) groups is 1. The van der Waals surface area contributed by atoms with Crippen LogP contribution < -0.4 is 0 Å². The van der Waals surface area contributed by atoms with Gasteiger partial charge in [-0.05, 0) is 48.4 Å². The van der Waals surface area contributed by atoms with Crippen molar-refractivity contribution in [1.82, 2.24) is 0 Å². The lowest BCUT2D eigenvalue weighted by Gasteiger charge is -2.18. The van der Waals surface area contributed by atoms with Gasteiger partial charge in [-0.2, -0.15) is 0 Å². The van der Waals surface area contributed by atoms with E-state index >= 15 is 0 Å². The average molecular weight is 439 g/mol. The number of sulfone groups is 1. The van der Waals surface area contributed by atoms with E-state index in [1.807, 2.05) is 17.5 Å². The molecule has 0 saturated heterocycles. The molecule has 2 heterocycles. The molecule has 0 saturated carbocycles. The van der Waals surface area contributed by atoms with Crippen LogP contribution in [0, 0.1) is 0 Å². The predicted octanol–water partition coefficient (Wildman–Crippen LogP) is 4.71. The molecule has 4 rings (SSSR count). The van der Waals surface area contributed by atoms with Gasteiger partial charge in [0.2, 0.25) is 0 Å². The smallest absolute Gasteiger partial charge is 0.198 e. The first kappa shape index (κ1) is 18.9. The highest BCUT2D eigenvalue weighted by atomic mass is 35.5. The van der Waals surface area contributed by atoms with E-state index in [0.717, 1.165) is 15.5 Å². The van der Waals surface area contributed by atoms with Crippen LogP contribution in [0.25, 0.3) is 0 Å². The highest BCUT2D eigenvalue weighted by molar-refractivity contribution is 8.04. The minimum atomic E-state index is -3.33. The van der Waals surface area contributed by atoms with Crippen molar-refractivity contribution in [2.75, 3.05) is 5.75 Å². The number of rotatable bonds is 4. The number of hydrogen-bond donors (Lipinski definition) is 0. The van der Waals surface area contributed by atoms with Crippen molar-refractivity contribution in [2.45, 2.75) is 34.8 Å². The van der Waals surface area contributed by atoms with Crippen LogP contribution in [-0.4, -0.2) is 25.7 Å². The van der Waals surface area contributed by atoms with E-state index in [4.69, 9.17) is 11.6 Å². The Hall–Kier alpha value is -1.41. The van der Waals surface area contributed by atoms with Gasteiger partial charge in [-0.25, -0.2) is 8.42 Å². The summed E-state index contributed by atoms with van der Waals surface area (Å²) in [6.45, 7) is 0. The monoisotopic (exact) mass is 438 g/mol. The summed E-state index contributed by atoms with van der Waals surface area (Å²) in [4.78, 5) is 26.7. The summed E-state index contributed by atoms with van der Waals surface area (Å²) in [5, 5.41) is 2.11. The van der Waals surface area contributed by atoms with Gasteiger partial charge in [-0.1, -0.05) is 29.4 Å². The molecule has 0 bridgehead atoms. The first-order valence-corrected chi connectivity index (χ1v) is 12.2. The molecule has 1 aromatic carbocycles. The lowest BCUT2D eigenvalue weighted by Crippen LogP contribution is -2.19. The van der Waals surface area contributed by atoms with E-state index < -0.39 is 15.6 Å². The van der Waals surface area contributed by atoms with Gasteiger partial charge in [-0.3, -0.25) is 9.59 Å². The van der Waals surface area contributed by atoms with Crippen LogP contribution in [0.5, 0.6) is 0 Å². The Balaban J connectivity index is 1.78. The third-order valence-electron chi connectivity index (χ3n) is 4.71. The van der Waals surface area contributed by atoms with Crippen molar-refractivity contribution >= 4 is 56.1 Å². The molecule has 1 aromatic heterocycles. The Bertz CT molecular complexity index is 1080. The van der Waals surface area contributed by atoms with Gasteiger partial charge in [0.1, 0.15) is 0 Å². The number of carbonyl (C=O) groups is 2. The molecule has 0 amide bonds. The molecule has 0 fully saturated rings. The largest absolute Gasteiger partial charge is 0.294 e. The topological polar surface area (TPSA) is 68.3 Å². The molecule has 1 aliphatic carbocycles. The van der Waals surface area contributed by atoms with Gasteiger partial charge in [0.15, 0.2) is 21.4 Å². The molecular weight excluding hydrogens is 424 g/mol. The summed E-state index contributed by atoms with van der Waals surface area (Å²) < 4.78 is 25.1. The molecule has 1 aliphatic heterocycles. The Morgan fingerprint density at radius 1 is 1.15 bits per heavy atom. The first-order chi connectivity index (χ1) is 12.9. The third kappa shape index (κ3) is 3.42. The molecule has 0 spiro atoms. The van der Waals surface area contributed by atoms with Crippen molar-refractivity contribution in [3.63, 3.8) is 0 Å². The number of halogens is 1. The highest BCUT2D eigenvalue weighted by Crippen LogP contribution is 2.41. The summed E-state index contributed by atoms with van der Waals surface area (Å²) in [7, 11) is -3.33. The molecule has 27 heavy (non-hydrogen) atoms. The lowest BCUT2D eigenvalue weighted by atomic mass is 9.91. The van der Waals surface area contributed by atoms with Crippen molar-refractivity contribution in [3.05, 3.63) is 56.3 Å². The van der Waals surface area contributed by atoms with Crippen LogP contribution in [0.2, 0.25) is 5.02 Å². The average Bonchev–Trinajstić information content (AvgIpc) is 3.23. The molecular formula is C19H15ClO4S3. The fourth-order valence-corrected chi connectivity index (χ4v) is 7.40. The fourth-order valence-electron chi connectivity index (χ4n) is 3.40. The summed E-state index contributed by atoms with van der Waals surface area (Å²) in [6.07, 6.45) is 2.03. The van der Waals surface area contributed by atoms with E-state index in [1.165, 1.54) is 23.9 Å². The zero-order valence-electron chi connectivity index (χ0n) is 14.2. The Kier molecular flexibility index (Phi) is 5.05. The molecule has 0 unspecified atom stereocenters. The van der Waals surface area contributed by atoms with Crippen molar-refractivity contribution in [3.8, 4) is 0 Å². The van der Waals surface area contributed by atoms with Crippen molar-refractivity contribution in [2.24, 2.45) is 0 Å². The number of hydrogen-bond acceptors (Lipinski definition) is 6. The molecule has 0 radical (unpaired) electrons. The van der Waals surface area contributed by atoms with Gasteiger partial charge < -0.3 is 0 Å². The molecule has 0 atom stereocenters. The number of fused-ring (bicyclic) bond motifs is 1. The van der Waals surface area contributed by atoms with Gasteiger partial charge in [0.05, 0.1) is 25.5 Å². The maximum Gasteiger partial charge on any atom is 0.198 e. The number of thiophene rings is 1. The maximum atomic E-state index is 13.2. The zero-order chi connectivity index (χ0) is 19.2. The molecule has 2 aliphatic rings. The zero-order valence-corrected chi connectivity index (χ0v) is 17.4. The van der Waals surface area contributed by atoms with Gasteiger partial charge in [0, 0.05) is 16.9 Å². The van der Waals surface area contributed by atoms with E-state index in [-0.39, 0.29) is 32.6 Å². The molecule has 4 nitrogen and oxygen atoms in total. The lowest BCUT2D eigenvalue weighted by molar-refractivity contribution is -0.115. The van der Waals surface area contributed by atoms with E-state index in [9.17, 15) is 18.0 Å².